The molecule has 1 aromatic carbocycles. The minimum atomic E-state index is 0.506. The normalized spacial score (nSPS) is 15.2. The van der Waals surface area contributed by atoms with E-state index >= 15 is 0 Å². The van der Waals surface area contributed by atoms with Gasteiger partial charge in [-0.25, -0.2) is 4.98 Å². The number of hydrogen-bond donors (Lipinski definition) is 0. The van der Waals surface area contributed by atoms with E-state index in [2.05, 4.69) is 50.4 Å². The van der Waals surface area contributed by atoms with Crippen LogP contribution in [0.4, 0.5) is 0 Å². The SMILES string of the molecule is Cc1cccc(OCc2nc(Br)c3n2CCN(C)C3)c1. The number of fused-ring (bicyclic) bond motifs is 1. The fourth-order valence-electron chi connectivity index (χ4n) is 2.49. The molecule has 0 atom stereocenters. The van der Waals surface area contributed by atoms with Crippen molar-refractivity contribution in [1.29, 1.82) is 0 Å². The van der Waals surface area contributed by atoms with Gasteiger partial charge in [0.2, 0.25) is 0 Å². The van der Waals surface area contributed by atoms with Crippen molar-refractivity contribution < 1.29 is 4.74 Å². The second kappa shape index (κ2) is 5.58. The van der Waals surface area contributed by atoms with Gasteiger partial charge in [-0.15, -0.1) is 0 Å². The molecular formula is C15H18BrN3O. The Morgan fingerprint density at radius 1 is 1.35 bits per heavy atom. The largest absolute Gasteiger partial charge is 0.486 e. The molecule has 0 N–H and O–H groups in total. The first-order chi connectivity index (χ1) is 9.63. The molecule has 0 aliphatic carbocycles. The summed E-state index contributed by atoms with van der Waals surface area (Å²) in [6.45, 7) is 5.52. The van der Waals surface area contributed by atoms with Crippen LogP contribution >= 0.6 is 15.9 Å². The van der Waals surface area contributed by atoms with E-state index in [-0.39, 0.29) is 0 Å². The van der Waals surface area contributed by atoms with E-state index in [0.717, 1.165) is 35.8 Å². The van der Waals surface area contributed by atoms with Crippen LogP contribution < -0.4 is 4.74 Å². The van der Waals surface area contributed by atoms with Gasteiger partial charge in [0.15, 0.2) is 0 Å². The Balaban J connectivity index is 1.77. The molecule has 2 heterocycles. The van der Waals surface area contributed by atoms with Crippen molar-refractivity contribution in [2.45, 2.75) is 26.6 Å². The Hall–Kier alpha value is -1.33. The summed E-state index contributed by atoms with van der Waals surface area (Å²) in [6.07, 6.45) is 0. The Bertz CT molecular complexity index is 624. The molecule has 0 saturated heterocycles. The number of imidazole rings is 1. The summed E-state index contributed by atoms with van der Waals surface area (Å²) in [5, 5.41) is 0. The fourth-order valence-corrected chi connectivity index (χ4v) is 3.03. The molecule has 0 amide bonds. The zero-order valence-electron chi connectivity index (χ0n) is 11.8. The minimum absolute atomic E-state index is 0.506. The third-order valence-electron chi connectivity index (χ3n) is 3.59. The van der Waals surface area contributed by atoms with E-state index in [1.165, 1.54) is 11.3 Å². The second-order valence-corrected chi connectivity index (χ2v) is 6.01. The van der Waals surface area contributed by atoms with Crippen LogP contribution in [0.5, 0.6) is 5.75 Å². The number of aryl methyl sites for hydroxylation is 1. The molecule has 1 aliphatic rings. The van der Waals surface area contributed by atoms with Crippen LogP contribution in [0.15, 0.2) is 28.9 Å². The van der Waals surface area contributed by atoms with Crippen molar-refractivity contribution in [3.63, 3.8) is 0 Å². The molecular weight excluding hydrogens is 318 g/mol. The summed E-state index contributed by atoms with van der Waals surface area (Å²) in [7, 11) is 2.13. The summed E-state index contributed by atoms with van der Waals surface area (Å²) in [6, 6.07) is 8.10. The second-order valence-electron chi connectivity index (χ2n) is 5.26. The number of hydrogen-bond acceptors (Lipinski definition) is 3. The van der Waals surface area contributed by atoms with Gasteiger partial charge in [0.1, 0.15) is 22.8 Å². The van der Waals surface area contributed by atoms with Crippen molar-refractivity contribution in [3.05, 3.63) is 46.0 Å². The van der Waals surface area contributed by atoms with Crippen LogP contribution in [0.3, 0.4) is 0 Å². The van der Waals surface area contributed by atoms with Crippen molar-refractivity contribution in [2.75, 3.05) is 13.6 Å². The van der Waals surface area contributed by atoms with E-state index in [9.17, 15) is 0 Å². The number of nitrogens with zero attached hydrogens (tertiary/aromatic N) is 3. The molecule has 0 fully saturated rings. The van der Waals surface area contributed by atoms with Gasteiger partial charge in [-0.05, 0) is 47.6 Å². The predicted octanol–water partition coefficient (Wildman–Crippen LogP) is 2.98. The topological polar surface area (TPSA) is 30.3 Å². The minimum Gasteiger partial charge on any atom is -0.486 e. The molecule has 5 heteroatoms. The average molecular weight is 336 g/mol. The van der Waals surface area contributed by atoms with Gasteiger partial charge < -0.3 is 9.30 Å². The molecule has 0 radical (unpaired) electrons. The predicted molar refractivity (Wildman–Crippen MR) is 81.8 cm³/mol. The van der Waals surface area contributed by atoms with E-state index in [1.54, 1.807) is 0 Å². The summed E-state index contributed by atoms with van der Waals surface area (Å²) in [5.74, 6) is 1.88. The van der Waals surface area contributed by atoms with Crippen molar-refractivity contribution >= 4 is 15.9 Å². The number of aromatic nitrogens is 2. The van der Waals surface area contributed by atoms with Crippen LogP contribution in [0.25, 0.3) is 0 Å². The summed E-state index contributed by atoms with van der Waals surface area (Å²) < 4.78 is 9.06. The van der Waals surface area contributed by atoms with Gasteiger partial charge in [0.05, 0.1) is 5.69 Å². The Morgan fingerprint density at radius 3 is 3.00 bits per heavy atom. The average Bonchev–Trinajstić information content (AvgIpc) is 2.73. The number of benzene rings is 1. The molecule has 0 spiro atoms. The highest BCUT2D eigenvalue weighted by atomic mass is 79.9. The van der Waals surface area contributed by atoms with Gasteiger partial charge >= 0.3 is 0 Å². The standard InChI is InChI=1S/C15H18BrN3O/c1-11-4-3-5-12(8-11)20-10-14-17-15(16)13-9-18(2)6-7-19(13)14/h3-5,8H,6-7,9-10H2,1-2H3. The molecule has 0 saturated carbocycles. The Labute approximate surface area is 127 Å². The lowest BCUT2D eigenvalue weighted by atomic mass is 10.2. The molecule has 106 valence electrons. The van der Waals surface area contributed by atoms with Gasteiger partial charge in [-0.3, -0.25) is 4.90 Å². The van der Waals surface area contributed by atoms with E-state index in [0.29, 0.717) is 6.61 Å². The lowest BCUT2D eigenvalue weighted by Gasteiger charge is -2.25. The number of rotatable bonds is 3. The smallest absolute Gasteiger partial charge is 0.148 e. The van der Waals surface area contributed by atoms with Crippen molar-refractivity contribution in [3.8, 4) is 5.75 Å². The van der Waals surface area contributed by atoms with Crippen LogP contribution in [0.1, 0.15) is 17.1 Å². The lowest BCUT2D eigenvalue weighted by molar-refractivity contribution is 0.248. The maximum atomic E-state index is 5.86. The highest BCUT2D eigenvalue weighted by molar-refractivity contribution is 9.10. The molecule has 3 rings (SSSR count). The third-order valence-corrected chi connectivity index (χ3v) is 4.22. The first-order valence-electron chi connectivity index (χ1n) is 6.75. The quantitative estimate of drug-likeness (QED) is 0.863. The molecule has 4 nitrogen and oxygen atoms in total. The Kier molecular flexibility index (Phi) is 3.81. The number of likely N-dealkylation sites (N-methyl/N-ethyl adjacent to an activating group) is 1. The van der Waals surface area contributed by atoms with E-state index in [1.807, 2.05) is 18.2 Å². The van der Waals surface area contributed by atoms with Crippen LogP contribution in [-0.4, -0.2) is 28.0 Å². The van der Waals surface area contributed by atoms with Crippen molar-refractivity contribution in [2.24, 2.45) is 0 Å². The molecule has 1 aromatic heterocycles. The Morgan fingerprint density at radius 2 is 2.20 bits per heavy atom. The summed E-state index contributed by atoms with van der Waals surface area (Å²) in [5.41, 5.74) is 2.44. The molecule has 1 aliphatic heterocycles. The molecule has 0 unspecified atom stereocenters. The van der Waals surface area contributed by atoms with Crippen LogP contribution in [-0.2, 0) is 19.7 Å². The van der Waals surface area contributed by atoms with Crippen LogP contribution in [0.2, 0.25) is 0 Å². The van der Waals surface area contributed by atoms with Gasteiger partial charge in [0, 0.05) is 19.6 Å². The van der Waals surface area contributed by atoms with Gasteiger partial charge in [-0.2, -0.15) is 0 Å². The zero-order chi connectivity index (χ0) is 14.1. The summed E-state index contributed by atoms with van der Waals surface area (Å²) in [4.78, 5) is 6.89. The number of ether oxygens (including phenoxy) is 1. The lowest BCUT2D eigenvalue weighted by Crippen LogP contribution is -2.31. The summed E-state index contributed by atoms with van der Waals surface area (Å²) >= 11 is 3.55. The maximum absolute atomic E-state index is 5.86. The maximum Gasteiger partial charge on any atom is 0.148 e. The van der Waals surface area contributed by atoms with Gasteiger partial charge in [-0.1, -0.05) is 12.1 Å². The number of halogens is 1. The fraction of sp³-hybridized carbons (Fsp3) is 0.400. The van der Waals surface area contributed by atoms with E-state index < -0.39 is 0 Å². The molecule has 2 aromatic rings. The molecule has 0 bridgehead atoms. The third kappa shape index (κ3) is 2.74. The first-order valence-corrected chi connectivity index (χ1v) is 7.54. The molecule has 20 heavy (non-hydrogen) atoms. The van der Waals surface area contributed by atoms with Gasteiger partial charge in [0.25, 0.3) is 0 Å². The zero-order valence-corrected chi connectivity index (χ0v) is 13.4. The highest BCUT2D eigenvalue weighted by Crippen LogP contribution is 2.24. The highest BCUT2D eigenvalue weighted by Gasteiger charge is 2.21. The monoisotopic (exact) mass is 335 g/mol. The van der Waals surface area contributed by atoms with Crippen LogP contribution in [0, 0.1) is 6.92 Å². The van der Waals surface area contributed by atoms with E-state index in [4.69, 9.17) is 4.74 Å². The van der Waals surface area contributed by atoms with Crippen molar-refractivity contribution in [1.82, 2.24) is 14.5 Å². The first kappa shape index (κ1) is 13.6.